The molecule has 0 aliphatic carbocycles. The summed E-state index contributed by atoms with van der Waals surface area (Å²) < 4.78 is 10.8. The summed E-state index contributed by atoms with van der Waals surface area (Å²) >= 11 is 0. The summed E-state index contributed by atoms with van der Waals surface area (Å²) in [6.45, 7) is 6.28. The zero-order chi connectivity index (χ0) is 21.8. The molecule has 0 fully saturated rings. The average molecular weight is 418 g/mol. The zero-order valence-corrected chi connectivity index (χ0v) is 17.3. The van der Waals surface area contributed by atoms with Crippen LogP contribution in [0, 0.1) is 0 Å². The Labute approximate surface area is 175 Å². The number of carbonyl (C=O) groups excluding carboxylic acids is 2. The highest BCUT2D eigenvalue weighted by molar-refractivity contribution is 5.92. The van der Waals surface area contributed by atoms with Crippen molar-refractivity contribution in [1.29, 1.82) is 0 Å². The third-order valence-corrected chi connectivity index (χ3v) is 3.80. The number of hydrogen-bond acceptors (Lipinski definition) is 8. The summed E-state index contributed by atoms with van der Waals surface area (Å²) in [4.78, 5) is 44.5. The number of ether oxygens (including phenoxy) is 2. The van der Waals surface area contributed by atoms with Gasteiger partial charge in [-0.1, -0.05) is 37.6 Å². The molecule has 0 amide bonds. The van der Waals surface area contributed by atoms with Gasteiger partial charge in [-0.2, -0.15) is 0 Å². The van der Waals surface area contributed by atoms with Gasteiger partial charge in [0, 0.05) is 6.42 Å². The Balaban J connectivity index is 1.95. The Morgan fingerprint density at radius 2 is 1.17 bits per heavy atom. The number of benzene rings is 2. The minimum absolute atomic E-state index is 0.206. The van der Waals surface area contributed by atoms with E-state index in [1.165, 1.54) is 0 Å². The van der Waals surface area contributed by atoms with Gasteiger partial charge in [0.25, 0.3) is 0 Å². The number of para-hydroxylation sites is 2. The van der Waals surface area contributed by atoms with Crippen LogP contribution < -0.4 is 9.47 Å². The summed E-state index contributed by atoms with van der Waals surface area (Å²) in [6.07, 6.45) is -0.146. The topological polar surface area (TPSA) is 89.5 Å². The quantitative estimate of drug-likeness (QED) is 0.283. The van der Waals surface area contributed by atoms with E-state index in [9.17, 15) is 9.59 Å². The molecule has 0 saturated carbocycles. The standard InChI is InChI=1S/C22H26O8/c1-4-11-20(27-29-21(23)16-12-7-9-14-18(16)25-5-2)28-30-22(24)17-13-8-10-15-19(17)26-6-3/h7-10,12-15,20H,4-6,11H2,1-3H3. The summed E-state index contributed by atoms with van der Waals surface area (Å²) in [5, 5.41) is 0. The van der Waals surface area contributed by atoms with Gasteiger partial charge in [0.05, 0.1) is 13.2 Å². The summed E-state index contributed by atoms with van der Waals surface area (Å²) in [7, 11) is 0. The van der Waals surface area contributed by atoms with Crippen molar-refractivity contribution in [2.24, 2.45) is 0 Å². The molecule has 2 rings (SSSR count). The van der Waals surface area contributed by atoms with E-state index in [-0.39, 0.29) is 11.1 Å². The Morgan fingerprint density at radius 1 is 0.733 bits per heavy atom. The lowest BCUT2D eigenvalue weighted by Crippen LogP contribution is -2.22. The average Bonchev–Trinajstić information content (AvgIpc) is 2.76. The molecule has 0 aliphatic rings. The highest BCUT2D eigenvalue weighted by atomic mass is 17.3. The first-order valence-electron chi connectivity index (χ1n) is 9.79. The van der Waals surface area contributed by atoms with E-state index in [0.29, 0.717) is 37.6 Å². The molecule has 0 bridgehead atoms. The van der Waals surface area contributed by atoms with E-state index in [4.69, 9.17) is 29.0 Å². The van der Waals surface area contributed by atoms with E-state index in [1.807, 2.05) is 20.8 Å². The largest absolute Gasteiger partial charge is 0.493 e. The van der Waals surface area contributed by atoms with Crippen molar-refractivity contribution in [2.75, 3.05) is 13.2 Å². The van der Waals surface area contributed by atoms with E-state index >= 15 is 0 Å². The maximum atomic E-state index is 12.3. The number of rotatable bonds is 12. The molecule has 0 aromatic heterocycles. The third-order valence-electron chi connectivity index (χ3n) is 3.80. The molecule has 0 spiro atoms. The molecule has 0 saturated heterocycles. The van der Waals surface area contributed by atoms with E-state index in [1.54, 1.807) is 48.5 Å². The van der Waals surface area contributed by atoms with Crippen LogP contribution in [0.3, 0.4) is 0 Å². The number of hydrogen-bond donors (Lipinski definition) is 0. The smallest absolute Gasteiger partial charge is 0.376 e. The van der Waals surface area contributed by atoms with Gasteiger partial charge in [-0.05, 0) is 38.1 Å². The van der Waals surface area contributed by atoms with Crippen LogP contribution in [0.25, 0.3) is 0 Å². The molecule has 2 aromatic rings. The van der Waals surface area contributed by atoms with Crippen molar-refractivity contribution in [3.63, 3.8) is 0 Å². The first-order valence-corrected chi connectivity index (χ1v) is 9.79. The van der Waals surface area contributed by atoms with Gasteiger partial charge >= 0.3 is 11.9 Å². The molecule has 2 aromatic carbocycles. The molecule has 0 atom stereocenters. The lowest BCUT2D eigenvalue weighted by Gasteiger charge is -2.15. The Bertz CT molecular complexity index is 755. The normalized spacial score (nSPS) is 10.5. The molecule has 0 radical (unpaired) electrons. The highest BCUT2D eigenvalue weighted by Gasteiger charge is 2.22. The fourth-order valence-electron chi connectivity index (χ4n) is 2.47. The monoisotopic (exact) mass is 418 g/mol. The molecule has 30 heavy (non-hydrogen) atoms. The Kier molecular flexibility index (Phi) is 9.63. The van der Waals surface area contributed by atoms with Crippen LogP contribution in [0.4, 0.5) is 0 Å². The molecule has 162 valence electrons. The second-order valence-corrected chi connectivity index (χ2v) is 6.01. The molecule has 0 N–H and O–H groups in total. The van der Waals surface area contributed by atoms with Gasteiger partial charge in [-0.15, -0.1) is 9.78 Å². The molecular formula is C22H26O8. The van der Waals surface area contributed by atoms with Crippen molar-refractivity contribution in [2.45, 2.75) is 39.9 Å². The predicted octanol–water partition coefficient (Wildman–Crippen LogP) is 4.49. The second-order valence-electron chi connectivity index (χ2n) is 6.01. The Morgan fingerprint density at radius 3 is 1.57 bits per heavy atom. The SMILES string of the molecule is CCCC(OOC(=O)c1ccccc1OCC)OOC(=O)c1ccccc1OCC. The van der Waals surface area contributed by atoms with Crippen LogP contribution in [-0.2, 0) is 19.6 Å². The first kappa shape index (κ1) is 23.2. The highest BCUT2D eigenvalue weighted by Crippen LogP contribution is 2.21. The maximum absolute atomic E-state index is 12.3. The van der Waals surface area contributed by atoms with Crippen LogP contribution >= 0.6 is 0 Å². The molecule has 0 aliphatic heterocycles. The lowest BCUT2D eigenvalue weighted by molar-refractivity contribution is -0.421. The van der Waals surface area contributed by atoms with Crippen molar-refractivity contribution in [3.05, 3.63) is 59.7 Å². The summed E-state index contributed by atoms with van der Waals surface area (Å²) in [5.41, 5.74) is 0.412. The molecular weight excluding hydrogens is 392 g/mol. The van der Waals surface area contributed by atoms with Gasteiger partial charge in [0.15, 0.2) is 0 Å². The van der Waals surface area contributed by atoms with Gasteiger partial charge in [-0.25, -0.2) is 9.59 Å². The number of carbonyl (C=O) groups is 2. The molecule has 8 heteroatoms. The fourth-order valence-corrected chi connectivity index (χ4v) is 2.47. The van der Waals surface area contributed by atoms with Crippen molar-refractivity contribution >= 4 is 11.9 Å². The van der Waals surface area contributed by atoms with E-state index in [2.05, 4.69) is 0 Å². The fraction of sp³-hybridized carbons (Fsp3) is 0.364. The van der Waals surface area contributed by atoms with Gasteiger partial charge < -0.3 is 9.47 Å². The van der Waals surface area contributed by atoms with Crippen molar-refractivity contribution < 1.29 is 38.6 Å². The molecule has 0 heterocycles. The first-order chi connectivity index (χ1) is 14.6. The lowest BCUT2D eigenvalue weighted by atomic mass is 10.2. The van der Waals surface area contributed by atoms with Crippen LogP contribution in [0.1, 0.15) is 54.3 Å². The van der Waals surface area contributed by atoms with E-state index < -0.39 is 18.2 Å². The van der Waals surface area contributed by atoms with Crippen LogP contribution in [0.15, 0.2) is 48.5 Å². The predicted molar refractivity (Wildman–Crippen MR) is 107 cm³/mol. The van der Waals surface area contributed by atoms with Crippen LogP contribution in [0.2, 0.25) is 0 Å². The van der Waals surface area contributed by atoms with Crippen LogP contribution in [-0.4, -0.2) is 31.4 Å². The maximum Gasteiger partial charge on any atom is 0.376 e. The minimum Gasteiger partial charge on any atom is -0.493 e. The van der Waals surface area contributed by atoms with Crippen molar-refractivity contribution in [1.82, 2.24) is 0 Å². The Hall–Kier alpha value is -3.10. The third kappa shape index (κ3) is 6.75. The molecule has 0 unspecified atom stereocenters. The van der Waals surface area contributed by atoms with Crippen molar-refractivity contribution in [3.8, 4) is 11.5 Å². The van der Waals surface area contributed by atoms with E-state index in [0.717, 1.165) is 0 Å². The zero-order valence-electron chi connectivity index (χ0n) is 17.3. The summed E-state index contributed by atoms with van der Waals surface area (Å²) in [5.74, 6) is -0.755. The summed E-state index contributed by atoms with van der Waals surface area (Å²) in [6, 6.07) is 13.2. The van der Waals surface area contributed by atoms with Gasteiger partial charge in [-0.3, -0.25) is 9.78 Å². The minimum atomic E-state index is -1.10. The van der Waals surface area contributed by atoms with Gasteiger partial charge in [0.1, 0.15) is 22.6 Å². The van der Waals surface area contributed by atoms with Gasteiger partial charge in [0.2, 0.25) is 6.29 Å². The second kappa shape index (κ2) is 12.5. The molecule has 8 nitrogen and oxygen atoms in total. The van der Waals surface area contributed by atoms with Crippen LogP contribution in [0.5, 0.6) is 11.5 Å².